The smallest absolute Gasteiger partial charge is 0.273 e. The second kappa shape index (κ2) is 14.1. The molecule has 0 unspecified atom stereocenters. The van der Waals surface area contributed by atoms with Crippen molar-refractivity contribution in [2.45, 2.75) is 0 Å². The van der Waals surface area contributed by atoms with E-state index in [2.05, 4.69) is 0 Å². The first-order valence-corrected chi connectivity index (χ1v) is 20.4. The highest BCUT2D eigenvalue weighted by Crippen LogP contribution is 2.48. The molecular weight excluding hydrogens is 645 g/mol. The third-order valence-corrected chi connectivity index (χ3v) is 15.0. The molecule has 0 atom stereocenters. The summed E-state index contributed by atoms with van der Waals surface area (Å²) >= 11 is 0. The second-order valence-electron chi connectivity index (χ2n) is 10.9. The lowest BCUT2D eigenvalue weighted by Crippen LogP contribution is -2.27. The Balaban J connectivity index is 1.28. The van der Waals surface area contributed by atoms with Crippen LogP contribution in [0, 0.1) is 0 Å². The molecule has 0 aliphatic heterocycles. The Morgan fingerprint density at radius 1 is 0.383 bits per heavy atom. The predicted molar refractivity (Wildman–Crippen MR) is 192 cm³/mol. The van der Waals surface area contributed by atoms with E-state index in [9.17, 15) is 18.6 Å². The summed E-state index contributed by atoms with van der Waals surface area (Å²) in [5.41, 5.74) is 0. The van der Waals surface area contributed by atoms with Crippen LogP contribution in [0.3, 0.4) is 0 Å². The minimum atomic E-state index is -4.08. The molecule has 0 amide bonds. The lowest BCUT2D eigenvalue weighted by Gasteiger charge is -2.24. The molecule has 0 aliphatic carbocycles. The number of hydrogen-bond donors (Lipinski definition) is 1. The van der Waals surface area contributed by atoms with Gasteiger partial charge in [0.2, 0.25) is 0 Å². The monoisotopic (exact) mass is 678 g/mol. The van der Waals surface area contributed by atoms with Crippen molar-refractivity contribution in [2.75, 3.05) is 12.7 Å². The molecule has 0 spiro atoms. The fourth-order valence-electron chi connectivity index (χ4n) is 5.46. The van der Waals surface area contributed by atoms with E-state index in [4.69, 9.17) is 9.47 Å². The number of hydrogen-bond acceptors (Lipinski definition) is 5. The predicted octanol–water partition coefficient (Wildman–Crippen LogP) is 6.61. The van der Waals surface area contributed by atoms with Gasteiger partial charge in [-0.25, -0.2) is 0 Å². The summed E-state index contributed by atoms with van der Waals surface area (Å²) in [5, 5.41) is 3.34. The molecule has 0 bridgehead atoms. The average molecular weight is 679 g/mol. The number of para-hydroxylation sites is 2. The van der Waals surface area contributed by atoms with Crippen LogP contribution in [0.4, 0.5) is 0 Å². The Kier molecular flexibility index (Phi) is 9.78. The zero-order valence-corrected chi connectivity index (χ0v) is 28.1. The molecule has 0 radical (unpaired) electrons. The summed E-state index contributed by atoms with van der Waals surface area (Å²) in [7, 11) is -10.9. The molecule has 0 heterocycles. The molecule has 0 fully saturated rings. The summed E-state index contributed by atoms with van der Waals surface area (Å²) in [6.45, 7) is 0. The second-order valence-corrected chi connectivity index (χ2v) is 18.6. The van der Waals surface area contributed by atoms with E-state index in [0.29, 0.717) is 31.8 Å². The minimum Gasteiger partial charge on any atom is -0.483 e. The first kappa shape index (κ1) is 32.5. The topological polar surface area (TPSA) is 89.9 Å². The van der Waals surface area contributed by atoms with Gasteiger partial charge >= 0.3 is 0 Å². The van der Waals surface area contributed by atoms with Crippen molar-refractivity contribution in [2.24, 2.45) is 0 Å². The van der Waals surface area contributed by atoms with Gasteiger partial charge in [-0.05, 0) is 24.3 Å². The van der Waals surface area contributed by atoms with Crippen molar-refractivity contribution in [1.82, 2.24) is 0 Å². The van der Waals surface area contributed by atoms with Gasteiger partial charge in [-0.3, -0.25) is 4.57 Å². The van der Waals surface area contributed by atoms with Crippen LogP contribution in [-0.4, -0.2) is 17.6 Å². The van der Waals surface area contributed by atoms with Crippen LogP contribution < -0.4 is 41.3 Å². The standard InChI is InChI=1S/C38H33O6P3/c39-45(40,29-43-35-25-13-15-27-37(35)46(41,31-17-5-1-6-18-31)32-19-7-2-8-20-32)30-44-36-26-14-16-28-38(36)47(42,33-21-9-3-10-22-33)34-23-11-4-12-24-34/h1-28H,29-30H2,(H,39,40). The lowest BCUT2D eigenvalue weighted by atomic mass is 10.3. The minimum absolute atomic E-state index is 0.246. The van der Waals surface area contributed by atoms with Gasteiger partial charge in [0.1, 0.15) is 11.5 Å². The number of ether oxygens (including phenoxy) is 2. The van der Waals surface area contributed by atoms with Gasteiger partial charge in [0.15, 0.2) is 27.0 Å². The zero-order chi connectivity index (χ0) is 32.7. The molecule has 0 saturated carbocycles. The molecule has 47 heavy (non-hydrogen) atoms. The summed E-state index contributed by atoms with van der Waals surface area (Å²) in [5.74, 6) is 0.492. The van der Waals surface area contributed by atoms with Gasteiger partial charge in [0.05, 0.1) is 10.6 Å². The van der Waals surface area contributed by atoms with E-state index in [1.807, 2.05) is 121 Å². The highest BCUT2D eigenvalue weighted by atomic mass is 31.2. The molecule has 0 saturated heterocycles. The maximum absolute atomic E-state index is 15.0. The Morgan fingerprint density at radius 3 is 0.936 bits per heavy atom. The van der Waals surface area contributed by atoms with E-state index in [1.165, 1.54) is 0 Å². The van der Waals surface area contributed by atoms with Gasteiger partial charge in [0, 0.05) is 21.2 Å². The molecule has 6 rings (SSSR count). The van der Waals surface area contributed by atoms with Crippen LogP contribution in [0.2, 0.25) is 0 Å². The van der Waals surface area contributed by atoms with Gasteiger partial charge in [-0.15, -0.1) is 0 Å². The van der Waals surface area contributed by atoms with Gasteiger partial charge in [-0.1, -0.05) is 146 Å². The summed E-state index contributed by atoms with van der Waals surface area (Å²) in [4.78, 5) is 11.1. The van der Waals surface area contributed by atoms with Crippen molar-refractivity contribution < 1.29 is 28.1 Å². The summed E-state index contributed by atoms with van der Waals surface area (Å²) in [6, 6.07) is 50.4. The van der Waals surface area contributed by atoms with Gasteiger partial charge in [0.25, 0.3) is 7.37 Å². The first-order chi connectivity index (χ1) is 22.8. The molecule has 0 aliphatic rings. The highest BCUT2D eigenvalue weighted by Gasteiger charge is 2.35. The normalized spacial score (nSPS) is 11.9. The van der Waals surface area contributed by atoms with Crippen LogP contribution in [0.15, 0.2) is 170 Å². The largest absolute Gasteiger partial charge is 0.483 e. The van der Waals surface area contributed by atoms with E-state index >= 15 is 0 Å². The Morgan fingerprint density at radius 2 is 0.638 bits per heavy atom. The summed E-state index contributed by atoms with van der Waals surface area (Å²) in [6.07, 6.45) is -1.16. The number of rotatable bonds is 12. The van der Waals surface area contributed by atoms with Crippen molar-refractivity contribution >= 4 is 53.5 Å². The molecule has 236 valence electrons. The van der Waals surface area contributed by atoms with Crippen molar-refractivity contribution in [3.8, 4) is 11.5 Å². The maximum Gasteiger partial charge on any atom is 0.273 e. The van der Waals surface area contributed by atoms with Crippen LogP contribution in [0.1, 0.15) is 0 Å². The van der Waals surface area contributed by atoms with E-state index in [-0.39, 0.29) is 11.5 Å². The van der Waals surface area contributed by atoms with Crippen molar-refractivity contribution in [1.29, 1.82) is 0 Å². The average Bonchev–Trinajstić information content (AvgIpc) is 3.14. The maximum atomic E-state index is 15.0. The molecule has 9 heteroatoms. The van der Waals surface area contributed by atoms with Gasteiger partial charge in [-0.2, -0.15) is 0 Å². The zero-order valence-electron chi connectivity index (χ0n) is 25.4. The third kappa shape index (κ3) is 6.84. The lowest BCUT2D eigenvalue weighted by molar-refractivity contribution is 0.314. The van der Waals surface area contributed by atoms with Gasteiger partial charge < -0.3 is 23.5 Å². The SMILES string of the molecule is O=P(O)(COc1ccccc1P(=O)(c1ccccc1)c1ccccc1)COc1ccccc1P(=O)(c1ccccc1)c1ccccc1. The first-order valence-electron chi connectivity index (χ1n) is 15.0. The fraction of sp³-hybridized carbons (Fsp3) is 0.0526. The Hall–Kier alpha value is -4.43. The molecule has 6 nitrogen and oxygen atoms in total. The summed E-state index contributed by atoms with van der Waals surface area (Å²) < 4.78 is 55.5. The Labute approximate surface area is 274 Å². The molecule has 1 N–H and O–H groups in total. The molecule has 0 aromatic heterocycles. The Bertz CT molecular complexity index is 1850. The third-order valence-electron chi connectivity index (χ3n) is 7.73. The van der Waals surface area contributed by atoms with E-state index < -0.39 is 34.3 Å². The van der Waals surface area contributed by atoms with Crippen LogP contribution >= 0.6 is 21.7 Å². The van der Waals surface area contributed by atoms with E-state index in [0.717, 1.165) is 0 Å². The fourth-order valence-corrected chi connectivity index (χ4v) is 11.8. The molecule has 6 aromatic rings. The quantitative estimate of drug-likeness (QED) is 0.147. The number of benzene rings is 6. The van der Waals surface area contributed by atoms with Crippen molar-refractivity contribution in [3.05, 3.63) is 170 Å². The van der Waals surface area contributed by atoms with E-state index in [1.54, 1.807) is 48.5 Å². The highest BCUT2D eigenvalue weighted by molar-refractivity contribution is 7.86. The van der Waals surface area contributed by atoms with Crippen LogP contribution in [0.5, 0.6) is 11.5 Å². The molecule has 6 aromatic carbocycles. The van der Waals surface area contributed by atoms with Crippen LogP contribution in [0.25, 0.3) is 0 Å². The van der Waals surface area contributed by atoms with Crippen LogP contribution in [-0.2, 0) is 13.7 Å². The van der Waals surface area contributed by atoms with Crippen molar-refractivity contribution in [3.63, 3.8) is 0 Å². The molecular formula is C38H33O6P3.